The summed E-state index contributed by atoms with van der Waals surface area (Å²) in [6.07, 6.45) is 1.40. The maximum Gasteiger partial charge on any atom is 0.328 e. The fraction of sp³-hybridized carbons (Fsp3) is 0.190. The number of aryl methyl sites for hydroxylation is 2. The summed E-state index contributed by atoms with van der Waals surface area (Å²) in [6, 6.07) is 12.1. The van der Waals surface area contributed by atoms with E-state index in [2.05, 4.69) is 6.07 Å². The number of rotatable bonds is 6. The zero-order valence-corrected chi connectivity index (χ0v) is 15.6. The number of amides is 4. The van der Waals surface area contributed by atoms with Gasteiger partial charge in [-0.3, -0.25) is 20.2 Å². The molecule has 28 heavy (non-hydrogen) atoms. The van der Waals surface area contributed by atoms with Crippen LogP contribution in [0, 0.1) is 13.8 Å². The minimum atomic E-state index is -0.826. The van der Waals surface area contributed by atoms with Gasteiger partial charge in [0.15, 0.2) is 0 Å². The normalized spacial score (nSPS) is 13.6. The third-order valence-electron chi connectivity index (χ3n) is 3.93. The van der Waals surface area contributed by atoms with Gasteiger partial charge in [-0.1, -0.05) is 18.2 Å². The lowest BCUT2D eigenvalue weighted by Gasteiger charge is -2.14. The van der Waals surface area contributed by atoms with Crippen LogP contribution in [-0.2, 0) is 9.59 Å². The Morgan fingerprint density at radius 3 is 2.07 bits per heavy atom. The van der Waals surface area contributed by atoms with Crippen LogP contribution in [0.25, 0.3) is 6.08 Å². The van der Waals surface area contributed by atoms with E-state index in [1.165, 1.54) is 6.08 Å². The van der Waals surface area contributed by atoms with Gasteiger partial charge in [0, 0.05) is 0 Å². The molecule has 144 valence electrons. The molecule has 0 saturated carbocycles. The molecule has 0 radical (unpaired) electrons. The van der Waals surface area contributed by atoms with E-state index in [-0.39, 0.29) is 5.57 Å². The first-order valence-electron chi connectivity index (χ1n) is 8.73. The number of barbiturate groups is 1. The number of nitrogens with one attached hydrogen (secondary N) is 2. The average Bonchev–Trinajstić information content (AvgIpc) is 2.61. The first-order chi connectivity index (χ1) is 13.4. The highest BCUT2D eigenvalue weighted by Gasteiger charge is 2.27. The Morgan fingerprint density at radius 2 is 1.43 bits per heavy atom. The van der Waals surface area contributed by atoms with E-state index in [0.29, 0.717) is 24.5 Å². The second kappa shape index (κ2) is 8.39. The molecule has 2 N–H and O–H groups in total. The van der Waals surface area contributed by atoms with Crippen molar-refractivity contribution >= 4 is 23.9 Å². The van der Waals surface area contributed by atoms with Crippen LogP contribution in [0.1, 0.15) is 16.7 Å². The number of benzene rings is 2. The average molecular weight is 380 g/mol. The molecule has 2 aromatic carbocycles. The molecule has 0 aliphatic carbocycles. The number of hydrogen-bond donors (Lipinski definition) is 2. The molecule has 7 heteroatoms. The molecule has 1 aliphatic heterocycles. The van der Waals surface area contributed by atoms with Gasteiger partial charge in [-0.2, -0.15) is 0 Å². The van der Waals surface area contributed by atoms with Gasteiger partial charge in [-0.15, -0.1) is 0 Å². The number of carbonyl (C=O) groups is 3. The van der Waals surface area contributed by atoms with E-state index in [1.807, 2.05) is 36.6 Å². The Kier molecular flexibility index (Phi) is 5.74. The topological polar surface area (TPSA) is 93.7 Å². The first kappa shape index (κ1) is 19.2. The predicted molar refractivity (Wildman–Crippen MR) is 103 cm³/mol. The summed E-state index contributed by atoms with van der Waals surface area (Å²) in [5.41, 5.74) is 2.72. The number of carbonyl (C=O) groups excluding carboxylic acids is 3. The van der Waals surface area contributed by atoms with Crippen molar-refractivity contribution in [2.24, 2.45) is 0 Å². The molecule has 1 fully saturated rings. The molecule has 2 aromatic rings. The van der Waals surface area contributed by atoms with E-state index in [0.717, 1.165) is 16.9 Å². The third-order valence-corrected chi connectivity index (χ3v) is 3.93. The van der Waals surface area contributed by atoms with Gasteiger partial charge in [-0.05, 0) is 60.9 Å². The van der Waals surface area contributed by atoms with Crippen LogP contribution in [0.3, 0.4) is 0 Å². The van der Waals surface area contributed by atoms with Crippen LogP contribution in [0.2, 0.25) is 0 Å². The van der Waals surface area contributed by atoms with Crippen LogP contribution in [0.5, 0.6) is 11.5 Å². The Balaban J connectivity index is 1.59. The first-order valence-corrected chi connectivity index (χ1v) is 8.73. The minimum absolute atomic E-state index is 0.144. The highest BCUT2D eigenvalue weighted by molar-refractivity contribution is 6.31. The van der Waals surface area contributed by atoms with Crippen molar-refractivity contribution in [3.63, 3.8) is 0 Å². The molecule has 3 rings (SSSR count). The largest absolute Gasteiger partial charge is 0.490 e. The standard InChI is InChI=1S/C21H20N2O5/c1-13-8-14(2)10-17(9-13)28-7-6-27-16-5-3-4-15(11-16)12-18-19(24)22-21(26)23-20(18)25/h3-5,8-12H,6-7H2,1-2H3,(H2,22,23,24,25,26). The van der Waals surface area contributed by atoms with Gasteiger partial charge in [0.2, 0.25) is 0 Å². The minimum Gasteiger partial charge on any atom is -0.490 e. The van der Waals surface area contributed by atoms with Gasteiger partial charge in [0.25, 0.3) is 11.8 Å². The molecule has 4 amide bonds. The van der Waals surface area contributed by atoms with Crippen molar-refractivity contribution in [3.05, 3.63) is 64.7 Å². The second-order valence-electron chi connectivity index (χ2n) is 6.39. The maximum atomic E-state index is 11.8. The highest BCUT2D eigenvalue weighted by Crippen LogP contribution is 2.18. The third kappa shape index (κ3) is 4.97. The number of hydrogen-bond acceptors (Lipinski definition) is 5. The molecular formula is C21H20N2O5. The summed E-state index contributed by atoms with van der Waals surface area (Å²) in [5, 5.41) is 4.07. The van der Waals surface area contributed by atoms with E-state index in [1.54, 1.807) is 24.3 Å². The van der Waals surface area contributed by atoms with Crippen LogP contribution in [-0.4, -0.2) is 31.1 Å². The lowest BCUT2D eigenvalue weighted by Crippen LogP contribution is -2.51. The molecule has 0 aromatic heterocycles. The summed E-state index contributed by atoms with van der Waals surface area (Å²) >= 11 is 0. The van der Waals surface area contributed by atoms with Crippen molar-refractivity contribution in [3.8, 4) is 11.5 Å². The lowest BCUT2D eigenvalue weighted by molar-refractivity contribution is -0.123. The summed E-state index contributed by atoms with van der Waals surface area (Å²) in [5.74, 6) is -0.0987. The molecule has 1 aliphatic rings. The van der Waals surface area contributed by atoms with Crippen LogP contribution in [0.15, 0.2) is 48.0 Å². The SMILES string of the molecule is Cc1cc(C)cc(OCCOc2cccc(C=C3C(=O)NC(=O)NC3=O)c2)c1. The smallest absolute Gasteiger partial charge is 0.328 e. The molecule has 0 atom stereocenters. The fourth-order valence-corrected chi connectivity index (χ4v) is 2.80. The van der Waals surface area contributed by atoms with E-state index in [4.69, 9.17) is 9.47 Å². The van der Waals surface area contributed by atoms with Crippen molar-refractivity contribution < 1.29 is 23.9 Å². The summed E-state index contributed by atoms with van der Waals surface area (Å²) in [6.45, 7) is 4.74. The quantitative estimate of drug-likeness (QED) is 0.456. The Bertz CT molecular complexity index is 923. The lowest BCUT2D eigenvalue weighted by atomic mass is 10.1. The van der Waals surface area contributed by atoms with Crippen LogP contribution >= 0.6 is 0 Å². The maximum absolute atomic E-state index is 11.8. The molecule has 0 bridgehead atoms. The van der Waals surface area contributed by atoms with Gasteiger partial charge in [0.1, 0.15) is 30.3 Å². The van der Waals surface area contributed by atoms with Gasteiger partial charge in [0.05, 0.1) is 0 Å². The second-order valence-corrected chi connectivity index (χ2v) is 6.39. The van der Waals surface area contributed by atoms with Crippen molar-refractivity contribution in [2.75, 3.05) is 13.2 Å². The van der Waals surface area contributed by atoms with Gasteiger partial charge in [-0.25, -0.2) is 4.79 Å². The predicted octanol–water partition coefficient (Wildman–Crippen LogP) is 2.51. The molecule has 1 saturated heterocycles. The monoisotopic (exact) mass is 380 g/mol. The van der Waals surface area contributed by atoms with Crippen molar-refractivity contribution in [1.29, 1.82) is 0 Å². The summed E-state index contributed by atoms with van der Waals surface area (Å²) < 4.78 is 11.4. The molecule has 0 unspecified atom stereocenters. The van der Waals surface area contributed by atoms with Gasteiger partial charge >= 0.3 is 6.03 Å². The Morgan fingerprint density at radius 1 is 0.821 bits per heavy atom. The highest BCUT2D eigenvalue weighted by atomic mass is 16.5. The van der Waals surface area contributed by atoms with E-state index < -0.39 is 17.8 Å². The zero-order valence-electron chi connectivity index (χ0n) is 15.6. The van der Waals surface area contributed by atoms with E-state index in [9.17, 15) is 14.4 Å². The van der Waals surface area contributed by atoms with Gasteiger partial charge < -0.3 is 9.47 Å². The Labute approximate surface area is 162 Å². The Hall–Kier alpha value is -3.61. The van der Waals surface area contributed by atoms with Crippen molar-refractivity contribution in [1.82, 2.24) is 10.6 Å². The number of urea groups is 1. The molecule has 7 nitrogen and oxygen atoms in total. The number of ether oxygens (including phenoxy) is 2. The van der Waals surface area contributed by atoms with Crippen LogP contribution < -0.4 is 20.1 Å². The number of imide groups is 2. The van der Waals surface area contributed by atoms with Crippen LogP contribution in [0.4, 0.5) is 4.79 Å². The molecule has 0 spiro atoms. The summed E-state index contributed by atoms with van der Waals surface area (Å²) in [7, 11) is 0. The zero-order chi connectivity index (χ0) is 20.1. The molecular weight excluding hydrogens is 360 g/mol. The van der Waals surface area contributed by atoms with E-state index >= 15 is 0 Å². The summed E-state index contributed by atoms with van der Waals surface area (Å²) in [4.78, 5) is 34.7. The molecule has 1 heterocycles. The fourth-order valence-electron chi connectivity index (χ4n) is 2.80. The van der Waals surface area contributed by atoms with Crippen molar-refractivity contribution in [2.45, 2.75) is 13.8 Å².